The van der Waals surface area contributed by atoms with Gasteiger partial charge in [-0.3, -0.25) is 4.21 Å². The molecule has 0 saturated carbocycles. The van der Waals surface area contributed by atoms with Crippen LogP contribution in [0, 0.1) is 0 Å². The molecule has 0 saturated heterocycles. The lowest BCUT2D eigenvalue weighted by atomic mass is 10.4. The van der Waals surface area contributed by atoms with Gasteiger partial charge in [-0.25, -0.2) is 9.97 Å². The molecule has 0 aliphatic carbocycles. The Morgan fingerprint density at radius 2 is 2.42 bits per heavy atom. The molecule has 0 radical (unpaired) electrons. The highest BCUT2D eigenvalue weighted by molar-refractivity contribution is 7.84. The summed E-state index contributed by atoms with van der Waals surface area (Å²) in [6, 6.07) is 1.80. The normalized spacial score (nSPS) is 12.8. The van der Waals surface area contributed by atoms with E-state index in [0.717, 1.165) is 5.69 Å². The molecule has 0 spiro atoms. The average Bonchev–Trinajstić information content (AvgIpc) is 2.05. The van der Waals surface area contributed by atoms with E-state index in [1.54, 1.807) is 18.5 Å². The lowest BCUT2D eigenvalue weighted by Crippen LogP contribution is -2.09. The van der Waals surface area contributed by atoms with E-state index < -0.39 is 10.8 Å². The third kappa shape index (κ3) is 2.35. The van der Waals surface area contributed by atoms with Crippen LogP contribution < -0.4 is 5.32 Å². The number of nitrogens with zero attached hydrogens (tertiary/aromatic N) is 2. The van der Waals surface area contributed by atoms with Gasteiger partial charge in [0.2, 0.25) is 5.16 Å². The van der Waals surface area contributed by atoms with E-state index in [2.05, 4.69) is 15.3 Å². The minimum Gasteiger partial charge on any atom is -0.314 e. The van der Waals surface area contributed by atoms with Gasteiger partial charge >= 0.3 is 0 Å². The van der Waals surface area contributed by atoms with Crippen molar-refractivity contribution in [2.24, 2.45) is 0 Å². The van der Waals surface area contributed by atoms with Crippen LogP contribution in [-0.2, 0) is 17.3 Å². The van der Waals surface area contributed by atoms with Gasteiger partial charge in [0.15, 0.2) is 0 Å². The minimum atomic E-state index is -1.09. The topological polar surface area (TPSA) is 54.9 Å². The van der Waals surface area contributed by atoms with Crippen LogP contribution in [0.3, 0.4) is 0 Å². The van der Waals surface area contributed by atoms with Crippen molar-refractivity contribution in [3.05, 3.63) is 18.0 Å². The molecule has 5 heteroatoms. The van der Waals surface area contributed by atoms with Crippen molar-refractivity contribution in [2.75, 3.05) is 13.3 Å². The Morgan fingerprint density at radius 1 is 1.67 bits per heavy atom. The van der Waals surface area contributed by atoms with Gasteiger partial charge in [0, 0.05) is 19.0 Å². The SMILES string of the molecule is CNCc1ccnc([S@@](C)=O)n1. The van der Waals surface area contributed by atoms with Crippen LogP contribution in [0.15, 0.2) is 17.4 Å². The van der Waals surface area contributed by atoms with Gasteiger partial charge in [-0.1, -0.05) is 0 Å². The van der Waals surface area contributed by atoms with Crippen LogP contribution in [0.5, 0.6) is 0 Å². The van der Waals surface area contributed by atoms with E-state index >= 15 is 0 Å². The Morgan fingerprint density at radius 3 is 3.00 bits per heavy atom. The van der Waals surface area contributed by atoms with Gasteiger partial charge in [0.1, 0.15) is 0 Å². The maximum atomic E-state index is 11.0. The summed E-state index contributed by atoms with van der Waals surface area (Å²) in [5.74, 6) is 0. The van der Waals surface area contributed by atoms with E-state index in [1.165, 1.54) is 0 Å². The maximum Gasteiger partial charge on any atom is 0.218 e. The first-order valence-electron chi connectivity index (χ1n) is 3.54. The average molecular weight is 185 g/mol. The Bertz CT molecular complexity index is 290. The highest BCUT2D eigenvalue weighted by Gasteiger charge is 2.01. The van der Waals surface area contributed by atoms with E-state index in [-0.39, 0.29) is 0 Å². The van der Waals surface area contributed by atoms with Crippen LogP contribution in [0.25, 0.3) is 0 Å². The molecule has 1 aromatic rings. The third-order valence-corrected chi connectivity index (χ3v) is 2.02. The molecule has 1 aromatic heterocycles. The van der Waals surface area contributed by atoms with Gasteiger partial charge < -0.3 is 5.32 Å². The van der Waals surface area contributed by atoms with Crippen LogP contribution in [0.2, 0.25) is 0 Å². The molecule has 0 bridgehead atoms. The van der Waals surface area contributed by atoms with E-state index in [0.29, 0.717) is 11.7 Å². The molecular formula is C7H11N3OS. The largest absolute Gasteiger partial charge is 0.314 e. The van der Waals surface area contributed by atoms with Crippen molar-refractivity contribution in [3.63, 3.8) is 0 Å². The lowest BCUT2D eigenvalue weighted by Gasteiger charge is -1.99. The molecule has 12 heavy (non-hydrogen) atoms. The second-order valence-electron chi connectivity index (χ2n) is 2.32. The number of aromatic nitrogens is 2. The Kier molecular flexibility index (Phi) is 3.31. The highest BCUT2D eigenvalue weighted by atomic mass is 32.2. The molecule has 0 aromatic carbocycles. The van der Waals surface area contributed by atoms with Crippen LogP contribution in [0.4, 0.5) is 0 Å². The van der Waals surface area contributed by atoms with Crippen molar-refractivity contribution < 1.29 is 4.21 Å². The molecule has 0 fully saturated rings. The summed E-state index contributed by atoms with van der Waals surface area (Å²) in [5.41, 5.74) is 0.859. The van der Waals surface area contributed by atoms with Crippen LogP contribution in [-0.4, -0.2) is 27.5 Å². The fourth-order valence-electron chi connectivity index (χ4n) is 0.794. The molecular weight excluding hydrogens is 174 g/mol. The Hall–Kier alpha value is -0.810. The molecule has 0 aliphatic heterocycles. The zero-order valence-corrected chi connectivity index (χ0v) is 7.89. The highest BCUT2D eigenvalue weighted by Crippen LogP contribution is 1.98. The number of hydrogen-bond donors (Lipinski definition) is 1. The molecule has 1 rings (SSSR count). The monoisotopic (exact) mass is 185 g/mol. The van der Waals surface area contributed by atoms with Crippen molar-refractivity contribution >= 4 is 10.8 Å². The predicted molar refractivity (Wildman–Crippen MR) is 47.1 cm³/mol. The second-order valence-corrected chi connectivity index (χ2v) is 3.59. The summed E-state index contributed by atoms with van der Waals surface area (Å²) in [5, 5.41) is 3.35. The lowest BCUT2D eigenvalue weighted by molar-refractivity contribution is 0.676. The van der Waals surface area contributed by atoms with E-state index in [4.69, 9.17) is 0 Å². The summed E-state index contributed by atoms with van der Waals surface area (Å²) < 4.78 is 11.0. The van der Waals surface area contributed by atoms with Gasteiger partial charge in [-0.15, -0.1) is 0 Å². The fourth-order valence-corrected chi connectivity index (χ4v) is 1.25. The molecule has 1 N–H and O–H groups in total. The van der Waals surface area contributed by atoms with Crippen molar-refractivity contribution in [1.82, 2.24) is 15.3 Å². The summed E-state index contributed by atoms with van der Waals surface area (Å²) in [6.45, 7) is 0.673. The number of nitrogens with one attached hydrogen (secondary N) is 1. The van der Waals surface area contributed by atoms with Crippen molar-refractivity contribution in [2.45, 2.75) is 11.7 Å². The third-order valence-electron chi connectivity index (χ3n) is 1.31. The predicted octanol–water partition coefficient (Wildman–Crippen LogP) is -0.0666. The Labute approximate surface area is 73.9 Å². The molecule has 1 heterocycles. The first-order valence-corrected chi connectivity index (χ1v) is 5.10. The van der Waals surface area contributed by atoms with Crippen molar-refractivity contribution in [1.29, 1.82) is 0 Å². The summed E-state index contributed by atoms with van der Waals surface area (Å²) >= 11 is 0. The van der Waals surface area contributed by atoms with Gasteiger partial charge in [-0.05, 0) is 13.1 Å². The second kappa shape index (κ2) is 4.27. The standard InChI is InChI=1S/C7H11N3OS/c1-8-5-6-3-4-9-7(10-6)12(2)11/h3-4,8H,5H2,1-2H3/t12-/m1/s1. The number of rotatable bonds is 3. The summed E-state index contributed by atoms with van der Waals surface area (Å²) in [7, 11) is 0.745. The summed E-state index contributed by atoms with van der Waals surface area (Å²) in [4.78, 5) is 7.97. The molecule has 66 valence electrons. The minimum absolute atomic E-state index is 0.391. The van der Waals surface area contributed by atoms with Crippen LogP contribution in [0.1, 0.15) is 5.69 Å². The first-order chi connectivity index (χ1) is 5.74. The van der Waals surface area contributed by atoms with Crippen LogP contribution >= 0.6 is 0 Å². The van der Waals surface area contributed by atoms with Gasteiger partial charge in [-0.2, -0.15) is 0 Å². The smallest absolute Gasteiger partial charge is 0.218 e. The zero-order chi connectivity index (χ0) is 8.97. The quantitative estimate of drug-likeness (QED) is 0.670. The molecule has 0 amide bonds. The molecule has 1 atom stereocenters. The fraction of sp³-hybridized carbons (Fsp3) is 0.429. The molecule has 4 nitrogen and oxygen atoms in total. The van der Waals surface area contributed by atoms with E-state index in [9.17, 15) is 4.21 Å². The molecule has 0 aliphatic rings. The number of hydrogen-bond acceptors (Lipinski definition) is 4. The molecule has 0 unspecified atom stereocenters. The maximum absolute atomic E-state index is 11.0. The van der Waals surface area contributed by atoms with E-state index in [1.807, 2.05) is 7.05 Å². The van der Waals surface area contributed by atoms with Gasteiger partial charge in [0.05, 0.1) is 16.5 Å². The summed E-state index contributed by atoms with van der Waals surface area (Å²) in [6.07, 6.45) is 3.19. The van der Waals surface area contributed by atoms with Crippen molar-refractivity contribution in [3.8, 4) is 0 Å². The Balaban J connectivity index is 2.88. The zero-order valence-electron chi connectivity index (χ0n) is 7.07. The van der Waals surface area contributed by atoms with Gasteiger partial charge in [0.25, 0.3) is 0 Å². The first kappa shape index (κ1) is 9.28.